The first-order chi connectivity index (χ1) is 14.1. The predicted molar refractivity (Wildman–Crippen MR) is 103 cm³/mol. The molecule has 2 saturated heterocycles. The van der Waals surface area contributed by atoms with Crippen molar-refractivity contribution >= 4 is 5.97 Å². The van der Waals surface area contributed by atoms with Crippen LogP contribution in [0.5, 0.6) is 5.75 Å². The van der Waals surface area contributed by atoms with Gasteiger partial charge in [0.15, 0.2) is 0 Å². The minimum atomic E-state index is -1.02. The fourth-order valence-electron chi connectivity index (χ4n) is 3.64. The van der Waals surface area contributed by atoms with Crippen LogP contribution in [0.25, 0.3) is 0 Å². The Hall–Kier alpha value is -2.55. The van der Waals surface area contributed by atoms with Gasteiger partial charge in [0.25, 0.3) is 0 Å². The number of hydrogen-bond acceptors (Lipinski definition) is 6. The van der Waals surface area contributed by atoms with E-state index in [1.54, 1.807) is 24.4 Å². The summed E-state index contributed by atoms with van der Waals surface area (Å²) in [7, 11) is 0. The maximum Gasteiger partial charge on any atom is 0.314 e. The zero-order valence-electron chi connectivity index (χ0n) is 16.0. The highest BCUT2D eigenvalue weighted by Crippen LogP contribution is 2.33. The number of aromatic nitrogens is 1. The molecule has 0 radical (unpaired) electrons. The number of aliphatic carboxylic acids is 1. The van der Waals surface area contributed by atoms with Gasteiger partial charge in [-0.05, 0) is 36.1 Å². The van der Waals surface area contributed by atoms with Gasteiger partial charge in [0.05, 0.1) is 37.8 Å². The molecule has 2 aliphatic rings. The number of nitrogens with zero attached hydrogens (tertiary/aromatic N) is 1. The predicted octanol–water partition coefficient (Wildman–Crippen LogP) is 2.02. The van der Waals surface area contributed by atoms with E-state index in [1.165, 1.54) is 0 Å². The average molecular weight is 401 g/mol. The Labute approximate surface area is 168 Å². The number of rotatable bonds is 8. The summed E-state index contributed by atoms with van der Waals surface area (Å²) in [6.45, 7) is 1.45. The van der Waals surface area contributed by atoms with E-state index in [1.807, 2.05) is 12.1 Å². The summed E-state index contributed by atoms with van der Waals surface area (Å²) in [5.74, 6) is -0.680. The van der Waals surface area contributed by atoms with Crippen molar-refractivity contribution in [1.29, 1.82) is 0 Å². The van der Waals surface area contributed by atoms with Crippen molar-refractivity contribution in [3.8, 4) is 5.75 Å². The average Bonchev–Trinajstić information content (AvgIpc) is 3.22. The third kappa shape index (κ3) is 4.24. The lowest BCUT2D eigenvalue weighted by Crippen LogP contribution is -2.50. The SMILES string of the molecule is O=C(O)C1(Cc2cccc(CCOc3ccc(C4CCNN4)nc3)c2F)COC1. The molecule has 3 heterocycles. The van der Waals surface area contributed by atoms with Crippen molar-refractivity contribution in [2.24, 2.45) is 5.41 Å². The first kappa shape index (κ1) is 19.8. The van der Waals surface area contributed by atoms with Gasteiger partial charge in [-0.2, -0.15) is 0 Å². The van der Waals surface area contributed by atoms with Crippen LogP contribution < -0.4 is 15.6 Å². The topological polar surface area (TPSA) is 92.7 Å². The molecule has 4 rings (SSSR count). The van der Waals surface area contributed by atoms with E-state index in [4.69, 9.17) is 9.47 Å². The van der Waals surface area contributed by atoms with Crippen LogP contribution in [0.2, 0.25) is 0 Å². The molecule has 0 aliphatic carbocycles. The second-order valence-corrected chi connectivity index (χ2v) is 7.57. The summed E-state index contributed by atoms with van der Waals surface area (Å²) in [6.07, 6.45) is 3.16. The molecule has 29 heavy (non-hydrogen) atoms. The van der Waals surface area contributed by atoms with E-state index in [2.05, 4.69) is 15.8 Å². The standard InChI is InChI=1S/C21H24FN3O4/c22-19-14(2-1-3-15(19)10-21(20(26)27)12-28-13-21)7-9-29-16-4-5-17(23-11-16)18-6-8-24-25-18/h1-5,11,18,24-25H,6-10,12-13H2,(H,26,27). The summed E-state index contributed by atoms with van der Waals surface area (Å²) in [6, 6.07) is 9.08. The summed E-state index contributed by atoms with van der Waals surface area (Å²) in [5, 5.41) is 9.43. The van der Waals surface area contributed by atoms with Crippen LogP contribution in [0.4, 0.5) is 4.39 Å². The summed E-state index contributed by atoms with van der Waals surface area (Å²) in [5.41, 5.74) is 7.08. The minimum absolute atomic E-state index is 0.116. The molecule has 154 valence electrons. The molecule has 1 unspecified atom stereocenters. The van der Waals surface area contributed by atoms with Crippen LogP contribution in [0.1, 0.15) is 29.3 Å². The van der Waals surface area contributed by atoms with Gasteiger partial charge in [0.2, 0.25) is 0 Å². The van der Waals surface area contributed by atoms with Crippen LogP contribution in [-0.2, 0) is 22.4 Å². The minimum Gasteiger partial charge on any atom is -0.492 e. The van der Waals surface area contributed by atoms with Crippen molar-refractivity contribution in [2.45, 2.75) is 25.3 Å². The number of hydrazine groups is 1. The van der Waals surface area contributed by atoms with Gasteiger partial charge in [-0.1, -0.05) is 18.2 Å². The van der Waals surface area contributed by atoms with Crippen LogP contribution in [0.15, 0.2) is 36.5 Å². The zero-order chi connectivity index (χ0) is 20.3. The number of pyridine rings is 1. The maximum atomic E-state index is 14.9. The molecule has 7 nitrogen and oxygen atoms in total. The van der Waals surface area contributed by atoms with Crippen molar-refractivity contribution in [1.82, 2.24) is 15.8 Å². The third-order valence-corrected chi connectivity index (χ3v) is 5.49. The molecule has 2 fully saturated rings. The summed E-state index contributed by atoms with van der Waals surface area (Å²) >= 11 is 0. The molecular formula is C21H24FN3O4. The highest BCUT2D eigenvalue weighted by Gasteiger charge is 2.46. The van der Waals surface area contributed by atoms with Crippen LogP contribution in [-0.4, -0.2) is 42.4 Å². The summed E-state index contributed by atoms with van der Waals surface area (Å²) in [4.78, 5) is 15.9. The number of halogens is 1. The number of carboxylic acid groups (broad SMARTS) is 1. The summed E-state index contributed by atoms with van der Waals surface area (Å²) < 4.78 is 25.6. The smallest absolute Gasteiger partial charge is 0.314 e. The van der Waals surface area contributed by atoms with Crippen molar-refractivity contribution in [3.05, 3.63) is 59.2 Å². The van der Waals surface area contributed by atoms with E-state index in [9.17, 15) is 14.3 Å². The van der Waals surface area contributed by atoms with Gasteiger partial charge >= 0.3 is 5.97 Å². The zero-order valence-corrected chi connectivity index (χ0v) is 16.0. The first-order valence-electron chi connectivity index (χ1n) is 9.72. The van der Waals surface area contributed by atoms with E-state index >= 15 is 0 Å². The molecular weight excluding hydrogens is 377 g/mol. The number of carboxylic acids is 1. The van der Waals surface area contributed by atoms with Crippen LogP contribution >= 0.6 is 0 Å². The largest absolute Gasteiger partial charge is 0.492 e. The number of hydrogen-bond donors (Lipinski definition) is 3. The lowest BCUT2D eigenvalue weighted by atomic mass is 9.79. The Morgan fingerprint density at radius 3 is 2.76 bits per heavy atom. The van der Waals surface area contributed by atoms with Crippen LogP contribution in [0.3, 0.4) is 0 Å². The molecule has 0 bridgehead atoms. The highest BCUT2D eigenvalue weighted by atomic mass is 19.1. The molecule has 3 N–H and O–H groups in total. The van der Waals surface area contributed by atoms with Gasteiger partial charge in [-0.25, -0.2) is 9.82 Å². The van der Waals surface area contributed by atoms with Crippen LogP contribution in [0, 0.1) is 11.2 Å². The second kappa shape index (κ2) is 8.44. The lowest BCUT2D eigenvalue weighted by molar-refractivity contribution is -0.179. The molecule has 2 aromatic rings. The molecule has 1 atom stereocenters. The third-order valence-electron chi connectivity index (χ3n) is 5.49. The van der Waals surface area contributed by atoms with Crippen molar-refractivity contribution in [3.63, 3.8) is 0 Å². The Morgan fingerprint density at radius 2 is 2.14 bits per heavy atom. The Kier molecular flexibility index (Phi) is 5.75. The monoisotopic (exact) mass is 401 g/mol. The number of carbonyl (C=O) groups is 1. The Balaban J connectivity index is 1.34. The van der Waals surface area contributed by atoms with Crippen molar-refractivity contribution in [2.75, 3.05) is 26.4 Å². The van der Waals surface area contributed by atoms with E-state index < -0.39 is 11.4 Å². The fraction of sp³-hybridized carbons (Fsp3) is 0.429. The molecule has 0 saturated carbocycles. The quantitative estimate of drug-likeness (QED) is 0.623. The molecule has 1 aromatic carbocycles. The number of benzene rings is 1. The van der Waals surface area contributed by atoms with E-state index in [0.29, 0.717) is 29.9 Å². The molecule has 1 aromatic heterocycles. The number of nitrogens with one attached hydrogen (secondary N) is 2. The van der Waals surface area contributed by atoms with Crippen molar-refractivity contribution < 1.29 is 23.8 Å². The van der Waals surface area contributed by atoms with Gasteiger partial charge in [-0.3, -0.25) is 15.2 Å². The van der Waals surface area contributed by atoms with E-state index in [-0.39, 0.29) is 31.5 Å². The van der Waals surface area contributed by atoms with Gasteiger partial charge in [0, 0.05) is 13.0 Å². The van der Waals surface area contributed by atoms with Gasteiger partial charge < -0.3 is 14.6 Å². The fourth-order valence-corrected chi connectivity index (χ4v) is 3.64. The Bertz CT molecular complexity index is 865. The molecule has 2 aliphatic heterocycles. The number of ether oxygens (including phenoxy) is 2. The molecule has 8 heteroatoms. The maximum absolute atomic E-state index is 14.9. The van der Waals surface area contributed by atoms with E-state index in [0.717, 1.165) is 18.7 Å². The van der Waals surface area contributed by atoms with Gasteiger partial charge in [-0.15, -0.1) is 0 Å². The van der Waals surface area contributed by atoms with Gasteiger partial charge in [0.1, 0.15) is 17.0 Å². The highest BCUT2D eigenvalue weighted by molar-refractivity contribution is 5.76. The second-order valence-electron chi connectivity index (χ2n) is 7.57. The molecule has 0 amide bonds. The lowest BCUT2D eigenvalue weighted by Gasteiger charge is -2.37. The first-order valence-corrected chi connectivity index (χ1v) is 9.72. The normalized spacial score (nSPS) is 20.2. The Morgan fingerprint density at radius 1 is 1.31 bits per heavy atom. The molecule has 0 spiro atoms.